The average molecular weight is 589 g/mol. The van der Waals surface area contributed by atoms with E-state index in [-0.39, 0.29) is 52.0 Å². The van der Waals surface area contributed by atoms with Crippen molar-refractivity contribution in [3.63, 3.8) is 0 Å². The Morgan fingerprint density at radius 2 is 1.00 bits per heavy atom. The summed E-state index contributed by atoms with van der Waals surface area (Å²) >= 11 is 0. The van der Waals surface area contributed by atoms with Crippen molar-refractivity contribution < 1.29 is 51.1 Å². The van der Waals surface area contributed by atoms with Crippen LogP contribution in [0, 0.1) is 7.05 Å². The summed E-state index contributed by atoms with van der Waals surface area (Å²) in [6.45, 7) is 10.2. The number of ketones is 1. The van der Waals surface area contributed by atoms with E-state index in [1.165, 1.54) is 6.92 Å². The smallest absolute Gasteiger partial charge is 0.317 e. The second kappa shape index (κ2) is 19.1. The maximum absolute atomic E-state index is 11.5. The standard InChI is InChI=1S/C16H29N4O5.C2H6.H2O.W/c1-14(21)11-18-7-9-19(12-15(22)23)5-3-17(2)4-6-20(10-8-18)13-16(24)25;1-2;;/h2-13H2,1H3,(H,22,23)(H,24,25);1-2H3;1H2;/q-1;;;. The third-order valence-corrected chi connectivity index (χ3v) is 4.09. The Labute approximate surface area is 188 Å². The summed E-state index contributed by atoms with van der Waals surface area (Å²) in [5.41, 5.74) is 0. The number of rotatable bonds is 6. The van der Waals surface area contributed by atoms with E-state index in [0.29, 0.717) is 52.4 Å². The number of aliphatic carboxylic acids is 2. The molecule has 0 saturated carbocycles. The fourth-order valence-electron chi connectivity index (χ4n) is 2.75. The molecule has 11 heteroatoms. The van der Waals surface area contributed by atoms with Crippen LogP contribution >= 0.6 is 0 Å². The van der Waals surface area contributed by atoms with Gasteiger partial charge >= 0.3 is 11.9 Å². The average Bonchev–Trinajstić information content (AvgIpc) is 2.58. The van der Waals surface area contributed by atoms with Crippen LogP contribution in [0.25, 0.3) is 0 Å². The molecule has 1 aliphatic rings. The van der Waals surface area contributed by atoms with Crippen molar-refractivity contribution in [2.45, 2.75) is 20.8 Å². The van der Waals surface area contributed by atoms with Crippen LogP contribution in [0.4, 0.5) is 0 Å². The zero-order chi connectivity index (χ0) is 20.8. The Morgan fingerprint density at radius 3 is 1.28 bits per heavy atom. The van der Waals surface area contributed by atoms with Gasteiger partial charge in [0.1, 0.15) is 5.78 Å². The number of Topliss-reactive ketones (excluding diaryl/α,β-unsaturated/α-hetero) is 1. The van der Waals surface area contributed by atoms with Crippen LogP contribution in [0.2, 0.25) is 0 Å². The number of hydrogen-bond donors (Lipinski definition) is 2. The molecule has 0 aliphatic carbocycles. The quantitative estimate of drug-likeness (QED) is 0.373. The minimum Gasteiger partial charge on any atom is -0.480 e. The summed E-state index contributed by atoms with van der Waals surface area (Å²) in [6.07, 6.45) is 0. The number of nitrogens with zero attached hydrogens (tertiary/aromatic N) is 4. The monoisotopic (exact) mass is 589 g/mol. The zero-order valence-corrected chi connectivity index (χ0v) is 20.7. The first-order valence-electron chi connectivity index (χ1n) is 9.41. The molecule has 0 aromatic heterocycles. The van der Waals surface area contributed by atoms with E-state index in [1.807, 2.05) is 33.4 Å². The van der Waals surface area contributed by atoms with Gasteiger partial charge in [-0.1, -0.05) is 13.8 Å². The van der Waals surface area contributed by atoms with Gasteiger partial charge in [-0.05, 0) is 20.0 Å². The molecule has 0 aromatic rings. The Morgan fingerprint density at radius 1 is 0.724 bits per heavy atom. The van der Waals surface area contributed by atoms with Crippen LogP contribution in [0.15, 0.2) is 0 Å². The van der Waals surface area contributed by atoms with Crippen LogP contribution in [0.3, 0.4) is 0 Å². The van der Waals surface area contributed by atoms with E-state index in [4.69, 9.17) is 10.2 Å². The Hall–Kier alpha value is -0.902. The fourth-order valence-corrected chi connectivity index (χ4v) is 2.75. The molecule has 1 fully saturated rings. The van der Waals surface area contributed by atoms with Crippen molar-refractivity contribution in [2.24, 2.45) is 0 Å². The van der Waals surface area contributed by atoms with Gasteiger partial charge in [0, 0.05) is 60.3 Å². The Bertz CT molecular complexity index is 438. The van der Waals surface area contributed by atoms with Crippen molar-refractivity contribution >= 4 is 17.7 Å². The number of carboxylic acids is 2. The molecule has 1 saturated heterocycles. The third kappa shape index (κ3) is 17.7. The molecule has 4 N–H and O–H groups in total. The van der Waals surface area contributed by atoms with E-state index < -0.39 is 11.9 Å². The second-order valence-corrected chi connectivity index (χ2v) is 6.44. The maximum atomic E-state index is 11.5. The molecule has 172 valence electrons. The minimum absolute atomic E-state index is 0. The van der Waals surface area contributed by atoms with Gasteiger partial charge in [0.15, 0.2) is 0 Å². The van der Waals surface area contributed by atoms with E-state index in [1.54, 1.807) is 0 Å². The molecule has 0 aromatic carbocycles. The molecular formula is C18H37N4O6W-. The molecular weight excluding hydrogens is 552 g/mol. The molecule has 1 rings (SSSR count). The summed E-state index contributed by atoms with van der Waals surface area (Å²) in [5, 5.41) is 18.1. The van der Waals surface area contributed by atoms with E-state index in [9.17, 15) is 14.4 Å². The van der Waals surface area contributed by atoms with Gasteiger partial charge in [-0.15, -0.1) is 0 Å². The predicted octanol–water partition coefficient (Wildman–Crippen LogP) is -1.04. The fraction of sp³-hybridized carbons (Fsp3) is 0.778. The predicted molar refractivity (Wildman–Crippen MR) is 107 cm³/mol. The first kappa shape index (κ1) is 32.8. The first-order chi connectivity index (χ1) is 12.8. The topological polar surface area (TPSA) is 136 Å². The van der Waals surface area contributed by atoms with Crippen molar-refractivity contribution in [3.05, 3.63) is 7.05 Å². The van der Waals surface area contributed by atoms with Crippen LogP contribution in [0.5, 0.6) is 0 Å². The normalized spacial score (nSPS) is 17.9. The van der Waals surface area contributed by atoms with Crippen LogP contribution in [-0.2, 0) is 35.4 Å². The van der Waals surface area contributed by atoms with Crippen molar-refractivity contribution in [1.29, 1.82) is 0 Å². The summed E-state index contributed by atoms with van der Waals surface area (Å²) in [5.74, 6) is -1.73. The van der Waals surface area contributed by atoms with Crippen molar-refractivity contribution in [3.8, 4) is 0 Å². The molecule has 0 bridgehead atoms. The molecule has 0 radical (unpaired) electrons. The summed E-state index contributed by atoms with van der Waals surface area (Å²) in [7, 11) is 3.94. The zero-order valence-electron chi connectivity index (χ0n) is 17.8. The summed E-state index contributed by atoms with van der Waals surface area (Å²) in [4.78, 5) is 41.0. The molecule has 1 heterocycles. The number of carbonyl (C=O) groups is 3. The third-order valence-electron chi connectivity index (χ3n) is 4.09. The van der Waals surface area contributed by atoms with Gasteiger partial charge in [-0.3, -0.25) is 36.1 Å². The molecule has 10 nitrogen and oxygen atoms in total. The summed E-state index contributed by atoms with van der Waals surface area (Å²) in [6, 6.07) is 0. The minimum atomic E-state index is -0.881. The summed E-state index contributed by atoms with van der Waals surface area (Å²) < 4.78 is 0. The molecule has 29 heavy (non-hydrogen) atoms. The maximum Gasteiger partial charge on any atom is 0.317 e. The van der Waals surface area contributed by atoms with Crippen LogP contribution in [-0.4, -0.2) is 125 Å². The molecule has 0 amide bonds. The number of carbonyl (C=O) groups excluding carboxylic acids is 1. The van der Waals surface area contributed by atoms with Gasteiger partial charge < -0.3 is 20.6 Å². The second-order valence-electron chi connectivity index (χ2n) is 6.44. The first-order valence-corrected chi connectivity index (χ1v) is 9.41. The van der Waals surface area contributed by atoms with Gasteiger partial charge in [0.05, 0.1) is 19.6 Å². The van der Waals surface area contributed by atoms with Crippen molar-refractivity contribution in [1.82, 2.24) is 19.6 Å². The molecule has 0 unspecified atom stereocenters. The molecule has 1 aliphatic heterocycles. The van der Waals surface area contributed by atoms with Gasteiger partial charge in [-0.2, -0.15) is 0 Å². The number of hydrogen-bond acceptors (Lipinski definition) is 7. The molecule has 0 spiro atoms. The largest absolute Gasteiger partial charge is 0.480 e. The van der Waals surface area contributed by atoms with Gasteiger partial charge in [-0.25, -0.2) is 0 Å². The number of carboxylic acid groups (broad SMARTS) is 2. The Kier molecular flexibility index (Phi) is 21.6. The Balaban J connectivity index is -0.00000163. The van der Waals surface area contributed by atoms with Crippen LogP contribution < -0.4 is 0 Å². The van der Waals surface area contributed by atoms with E-state index in [0.717, 1.165) is 0 Å². The van der Waals surface area contributed by atoms with Gasteiger partial charge in [0.2, 0.25) is 0 Å². The van der Waals surface area contributed by atoms with Gasteiger partial charge in [0.25, 0.3) is 0 Å². The van der Waals surface area contributed by atoms with Crippen molar-refractivity contribution in [2.75, 3.05) is 72.0 Å². The van der Waals surface area contributed by atoms with Crippen LogP contribution in [0.1, 0.15) is 20.8 Å². The van der Waals surface area contributed by atoms with E-state index >= 15 is 0 Å². The SMILES string of the molecule is CC.O.[CH2-]N1CCN(CC(=O)O)CCN(CC(C)=O)CCN(CC(=O)O)CC1.[W]. The molecule has 0 atom stereocenters. The van der Waals surface area contributed by atoms with E-state index in [2.05, 4.69) is 7.05 Å².